The Balaban J connectivity index is 0.00000533. The van der Waals surface area contributed by atoms with E-state index in [-0.39, 0.29) is 47.5 Å². The van der Waals surface area contributed by atoms with E-state index in [2.05, 4.69) is 10.6 Å². The number of thioether (sulfide) groups is 1. The van der Waals surface area contributed by atoms with Crippen LogP contribution in [0, 0.1) is 0 Å². The summed E-state index contributed by atoms with van der Waals surface area (Å²) < 4.78 is 4.89. The van der Waals surface area contributed by atoms with Gasteiger partial charge in [-0.05, 0) is 19.4 Å². The standard InChI is InChI=1S/C25H28N4O8S.Na/c1-5-13(2)21(32)28(4)25(36)27-17(15-9-7-6-8-10-15)20(31)26-18-22(33)29-19(24(34)35)16(11-37-14(3)30)12-38-23(18)29;/h5-10,17-18,23H,11-12H2,1-4H3,(H,26,31)(H,27,36)(H,34,35);/q;+1/p-1/t17?,18?,23-;/m0./s1. The number of carbonyl (C=O) groups excluding carboxylic acids is 6. The molecule has 1 aromatic carbocycles. The first-order valence-corrected chi connectivity index (χ1v) is 12.6. The van der Waals surface area contributed by atoms with Gasteiger partial charge in [-0.25, -0.2) is 4.79 Å². The summed E-state index contributed by atoms with van der Waals surface area (Å²) in [5.74, 6) is -4.04. The molecule has 12 nitrogen and oxygen atoms in total. The molecule has 2 unspecified atom stereocenters. The molecule has 202 valence electrons. The Kier molecular flexibility index (Phi) is 11.3. The second-order valence-electron chi connectivity index (χ2n) is 8.54. The first kappa shape index (κ1) is 32.1. The van der Waals surface area contributed by atoms with Crippen molar-refractivity contribution in [2.45, 2.75) is 38.2 Å². The molecule has 3 atom stereocenters. The van der Waals surface area contributed by atoms with Gasteiger partial charge in [-0.1, -0.05) is 36.4 Å². The summed E-state index contributed by atoms with van der Waals surface area (Å²) in [7, 11) is 1.28. The van der Waals surface area contributed by atoms with Gasteiger partial charge in [-0.15, -0.1) is 11.8 Å². The zero-order chi connectivity index (χ0) is 28.1. The van der Waals surface area contributed by atoms with Gasteiger partial charge in [0.2, 0.25) is 5.91 Å². The molecule has 2 heterocycles. The Morgan fingerprint density at radius 3 is 2.41 bits per heavy atom. The van der Waals surface area contributed by atoms with E-state index in [1.807, 2.05) is 0 Å². The first-order chi connectivity index (χ1) is 18.0. The number of carbonyl (C=O) groups is 6. The molecule has 3 rings (SSSR count). The van der Waals surface area contributed by atoms with Crippen molar-refractivity contribution in [3.8, 4) is 0 Å². The second-order valence-corrected chi connectivity index (χ2v) is 9.65. The van der Waals surface area contributed by atoms with E-state index in [0.717, 1.165) is 9.80 Å². The fourth-order valence-electron chi connectivity index (χ4n) is 3.85. The van der Waals surface area contributed by atoms with Crippen LogP contribution in [-0.2, 0) is 28.7 Å². The summed E-state index contributed by atoms with van der Waals surface area (Å²) >= 11 is 1.19. The van der Waals surface area contributed by atoms with Gasteiger partial charge in [0.15, 0.2) is 0 Å². The zero-order valence-electron chi connectivity index (χ0n) is 22.2. The smallest absolute Gasteiger partial charge is 0.543 e. The maximum absolute atomic E-state index is 13.3. The number of aliphatic carboxylic acids is 1. The Hall–Kier alpha value is -3.13. The van der Waals surface area contributed by atoms with Gasteiger partial charge in [0.1, 0.15) is 24.1 Å². The average Bonchev–Trinajstić information content (AvgIpc) is 2.91. The largest absolute Gasteiger partial charge is 1.00 e. The van der Waals surface area contributed by atoms with E-state index in [4.69, 9.17) is 4.74 Å². The molecule has 1 fully saturated rings. The molecule has 2 N–H and O–H groups in total. The van der Waals surface area contributed by atoms with Crippen LogP contribution in [-0.4, -0.2) is 76.3 Å². The number of hydrogen-bond acceptors (Lipinski definition) is 9. The van der Waals surface area contributed by atoms with Gasteiger partial charge < -0.3 is 25.3 Å². The van der Waals surface area contributed by atoms with Crippen LogP contribution in [0.3, 0.4) is 0 Å². The fraction of sp³-hybridized carbons (Fsp3) is 0.360. The number of nitrogens with zero attached hydrogens (tertiary/aromatic N) is 2. The van der Waals surface area contributed by atoms with Gasteiger partial charge in [0, 0.05) is 30.9 Å². The quantitative estimate of drug-likeness (QED) is 0.143. The van der Waals surface area contributed by atoms with Crippen LogP contribution in [0.25, 0.3) is 0 Å². The van der Waals surface area contributed by atoms with Gasteiger partial charge >= 0.3 is 41.6 Å². The number of allylic oxidation sites excluding steroid dienone is 1. The zero-order valence-corrected chi connectivity index (χ0v) is 25.0. The van der Waals surface area contributed by atoms with Crippen LogP contribution in [0.2, 0.25) is 0 Å². The number of carboxylic acids is 1. The average molecular weight is 567 g/mol. The number of nitrogens with one attached hydrogen (secondary N) is 2. The molecule has 2 aliphatic heterocycles. The number of rotatable bonds is 8. The number of urea groups is 1. The third-order valence-electron chi connectivity index (χ3n) is 6.03. The van der Waals surface area contributed by atoms with Crippen molar-refractivity contribution in [2.24, 2.45) is 0 Å². The van der Waals surface area contributed by atoms with Crippen molar-refractivity contribution in [1.29, 1.82) is 0 Å². The minimum atomic E-state index is -1.60. The number of benzene rings is 1. The van der Waals surface area contributed by atoms with Crippen molar-refractivity contribution in [3.63, 3.8) is 0 Å². The van der Waals surface area contributed by atoms with Crippen LogP contribution in [0.4, 0.5) is 4.79 Å². The van der Waals surface area contributed by atoms with Crippen LogP contribution >= 0.6 is 11.8 Å². The number of likely N-dealkylation sites (N-methyl/N-ethyl adjacent to an activating group) is 1. The molecule has 5 amide bonds. The molecule has 0 radical (unpaired) electrons. The predicted octanol–water partition coefficient (Wildman–Crippen LogP) is -3.17. The number of fused-ring (bicyclic) bond motifs is 1. The van der Waals surface area contributed by atoms with E-state index in [1.165, 1.54) is 25.7 Å². The van der Waals surface area contributed by atoms with Gasteiger partial charge in [-0.3, -0.25) is 29.0 Å². The summed E-state index contributed by atoms with van der Waals surface area (Å²) in [4.78, 5) is 76.2. The molecule has 1 saturated heterocycles. The van der Waals surface area contributed by atoms with Crippen molar-refractivity contribution in [3.05, 3.63) is 58.8 Å². The summed E-state index contributed by atoms with van der Waals surface area (Å²) in [5.41, 5.74) is 0.555. The SMILES string of the molecule is CC=C(C)C(=O)N(C)C(=O)NC(C(=O)NC1C(=O)N2C(C(=O)[O-])=C(COC(C)=O)CS[C@@H]12)c1ccccc1.[Na+]. The minimum Gasteiger partial charge on any atom is -0.543 e. The third kappa shape index (κ3) is 7.10. The summed E-state index contributed by atoms with van der Waals surface area (Å²) in [5, 5.41) is 16.2. The Morgan fingerprint density at radius 2 is 1.85 bits per heavy atom. The Bertz CT molecular complexity index is 1240. The molecule has 0 aromatic heterocycles. The van der Waals surface area contributed by atoms with Crippen molar-refractivity contribution in [2.75, 3.05) is 19.4 Å². The normalized spacial score (nSPS) is 19.0. The molecule has 0 aliphatic carbocycles. The minimum absolute atomic E-state index is 0. The van der Waals surface area contributed by atoms with Crippen molar-refractivity contribution in [1.82, 2.24) is 20.4 Å². The predicted molar refractivity (Wildman–Crippen MR) is 134 cm³/mol. The molecule has 39 heavy (non-hydrogen) atoms. The van der Waals surface area contributed by atoms with Crippen molar-refractivity contribution >= 4 is 47.5 Å². The van der Waals surface area contributed by atoms with E-state index in [9.17, 15) is 33.9 Å². The van der Waals surface area contributed by atoms with E-state index in [0.29, 0.717) is 11.1 Å². The van der Waals surface area contributed by atoms with E-state index < -0.39 is 58.8 Å². The number of hydrogen-bond donors (Lipinski definition) is 2. The van der Waals surface area contributed by atoms with Crippen LogP contribution in [0.15, 0.2) is 53.3 Å². The monoisotopic (exact) mass is 566 g/mol. The van der Waals surface area contributed by atoms with E-state index >= 15 is 0 Å². The molecule has 0 bridgehead atoms. The molecule has 0 saturated carbocycles. The number of carboxylic acid groups (broad SMARTS) is 1. The summed E-state index contributed by atoms with van der Waals surface area (Å²) in [6.07, 6.45) is 1.55. The second kappa shape index (κ2) is 13.8. The molecule has 14 heteroatoms. The summed E-state index contributed by atoms with van der Waals surface area (Å²) in [6.45, 7) is 4.08. The van der Waals surface area contributed by atoms with Gasteiger partial charge in [0.05, 0.1) is 11.7 Å². The Morgan fingerprint density at radius 1 is 1.21 bits per heavy atom. The molecule has 1 aromatic rings. The summed E-state index contributed by atoms with van der Waals surface area (Å²) in [6, 6.07) is 5.09. The van der Waals surface area contributed by atoms with Crippen LogP contribution in [0.5, 0.6) is 0 Å². The molecule has 0 spiro atoms. The molecular formula is C25H27N4NaO8S. The van der Waals surface area contributed by atoms with E-state index in [1.54, 1.807) is 50.3 Å². The number of amides is 5. The maximum Gasteiger partial charge on any atom is 1.00 e. The first-order valence-electron chi connectivity index (χ1n) is 11.6. The molecular weight excluding hydrogens is 539 g/mol. The maximum atomic E-state index is 13.3. The van der Waals surface area contributed by atoms with Gasteiger partial charge in [-0.2, -0.15) is 0 Å². The topological polar surface area (TPSA) is 165 Å². The number of imide groups is 1. The van der Waals surface area contributed by atoms with Crippen LogP contribution in [0.1, 0.15) is 32.4 Å². The van der Waals surface area contributed by atoms with Crippen LogP contribution < -0.4 is 45.3 Å². The third-order valence-corrected chi connectivity index (χ3v) is 7.37. The molecule has 2 aliphatic rings. The van der Waals surface area contributed by atoms with Crippen molar-refractivity contribution < 1.29 is 68.2 Å². The number of esters is 1. The van der Waals surface area contributed by atoms with Gasteiger partial charge in [0.25, 0.3) is 11.8 Å². The number of β-lactam (4-membered cyclic amide) rings is 1. The Labute approximate surface area is 251 Å². The number of ether oxygens (including phenoxy) is 1. The fourth-order valence-corrected chi connectivity index (χ4v) is 5.18.